The molecule has 10 heteroatoms. The molecule has 29 heavy (non-hydrogen) atoms. The van der Waals surface area contributed by atoms with Gasteiger partial charge in [0.05, 0.1) is 30.2 Å². The van der Waals surface area contributed by atoms with E-state index in [1.54, 1.807) is 13.0 Å². The van der Waals surface area contributed by atoms with Crippen molar-refractivity contribution in [3.63, 3.8) is 0 Å². The maximum Gasteiger partial charge on any atom is 0.252 e. The third kappa shape index (κ3) is 5.99. The van der Waals surface area contributed by atoms with E-state index in [0.717, 1.165) is 0 Å². The zero-order valence-corrected chi connectivity index (χ0v) is 18.6. The van der Waals surface area contributed by atoms with Crippen LogP contribution in [0.2, 0.25) is 0 Å². The number of methoxy groups -OCH3 is 2. The standard InChI is InChI=1S/C19H22BrFN2O5S/c1-12(13-4-7-18(28-3)17(21)10-13)23-19(24)15-11-14(5-6-16(15)20)29(25,26)22-8-9-27-2/h4-7,10-12,22H,8-9H2,1-3H3,(H,23,24). The van der Waals surface area contributed by atoms with Crippen molar-refractivity contribution in [1.82, 2.24) is 10.0 Å². The molecule has 2 N–H and O–H groups in total. The number of hydrogen-bond acceptors (Lipinski definition) is 5. The minimum absolute atomic E-state index is 0.0508. The van der Waals surface area contributed by atoms with Gasteiger partial charge in [0.25, 0.3) is 5.91 Å². The van der Waals surface area contributed by atoms with Gasteiger partial charge in [-0.1, -0.05) is 6.07 Å². The molecule has 0 aliphatic heterocycles. The lowest BCUT2D eigenvalue weighted by Crippen LogP contribution is -2.29. The van der Waals surface area contributed by atoms with Gasteiger partial charge in [-0.3, -0.25) is 4.79 Å². The highest BCUT2D eigenvalue weighted by Gasteiger charge is 2.20. The van der Waals surface area contributed by atoms with Gasteiger partial charge in [0.1, 0.15) is 0 Å². The van der Waals surface area contributed by atoms with Gasteiger partial charge in [0.2, 0.25) is 10.0 Å². The Kier molecular flexibility index (Phi) is 8.14. The molecule has 158 valence electrons. The summed E-state index contributed by atoms with van der Waals surface area (Å²) in [6.45, 7) is 2.02. The van der Waals surface area contributed by atoms with Crippen LogP contribution in [-0.2, 0) is 14.8 Å². The van der Waals surface area contributed by atoms with E-state index < -0.39 is 27.8 Å². The fraction of sp³-hybridized carbons (Fsp3) is 0.316. The van der Waals surface area contributed by atoms with Gasteiger partial charge in [-0.2, -0.15) is 0 Å². The normalized spacial score (nSPS) is 12.4. The van der Waals surface area contributed by atoms with Gasteiger partial charge in [0, 0.05) is 18.1 Å². The third-order valence-electron chi connectivity index (χ3n) is 4.11. The van der Waals surface area contributed by atoms with E-state index in [9.17, 15) is 17.6 Å². The monoisotopic (exact) mass is 488 g/mol. The first kappa shape index (κ1) is 23.3. The van der Waals surface area contributed by atoms with Gasteiger partial charge in [-0.15, -0.1) is 0 Å². The SMILES string of the molecule is COCCNS(=O)(=O)c1ccc(Br)c(C(=O)NC(C)c2ccc(OC)c(F)c2)c1. The van der Waals surface area contributed by atoms with Crippen molar-refractivity contribution in [2.45, 2.75) is 17.9 Å². The molecule has 0 radical (unpaired) electrons. The number of hydrogen-bond donors (Lipinski definition) is 2. The molecule has 1 unspecified atom stereocenters. The van der Waals surface area contributed by atoms with Crippen molar-refractivity contribution in [1.29, 1.82) is 0 Å². The molecule has 7 nitrogen and oxygen atoms in total. The number of amides is 1. The highest BCUT2D eigenvalue weighted by molar-refractivity contribution is 9.10. The first-order chi connectivity index (χ1) is 13.7. The van der Waals surface area contributed by atoms with Gasteiger partial charge < -0.3 is 14.8 Å². The van der Waals surface area contributed by atoms with Crippen LogP contribution in [0.4, 0.5) is 4.39 Å². The zero-order valence-electron chi connectivity index (χ0n) is 16.2. The molecule has 2 aromatic rings. The minimum Gasteiger partial charge on any atom is -0.494 e. The quantitative estimate of drug-likeness (QED) is 0.529. The molecule has 0 saturated heterocycles. The van der Waals surface area contributed by atoms with Crippen LogP contribution in [-0.4, -0.2) is 41.7 Å². The van der Waals surface area contributed by atoms with Crippen LogP contribution in [0.3, 0.4) is 0 Å². The summed E-state index contributed by atoms with van der Waals surface area (Å²) in [6.07, 6.45) is 0. The Labute approximate surface area is 177 Å². The molecule has 0 heterocycles. The van der Waals surface area contributed by atoms with Crippen molar-refractivity contribution in [2.24, 2.45) is 0 Å². The molecule has 0 bridgehead atoms. The second-order valence-electron chi connectivity index (χ2n) is 6.12. The average molecular weight is 489 g/mol. The maximum atomic E-state index is 13.9. The molecular weight excluding hydrogens is 467 g/mol. The molecule has 1 atom stereocenters. The first-order valence-electron chi connectivity index (χ1n) is 8.62. The lowest BCUT2D eigenvalue weighted by molar-refractivity contribution is 0.0939. The number of benzene rings is 2. The van der Waals surface area contributed by atoms with Crippen LogP contribution >= 0.6 is 15.9 Å². The van der Waals surface area contributed by atoms with Crippen LogP contribution in [0.25, 0.3) is 0 Å². The third-order valence-corrected chi connectivity index (χ3v) is 6.26. The van der Waals surface area contributed by atoms with Crippen LogP contribution in [0, 0.1) is 5.82 Å². The second kappa shape index (κ2) is 10.1. The fourth-order valence-electron chi connectivity index (χ4n) is 2.52. The highest BCUT2D eigenvalue weighted by atomic mass is 79.9. The number of nitrogens with one attached hydrogen (secondary N) is 2. The van der Waals surface area contributed by atoms with Crippen molar-refractivity contribution in [2.75, 3.05) is 27.4 Å². The van der Waals surface area contributed by atoms with Crippen molar-refractivity contribution in [3.05, 3.63) is 57.8 Å². The lowest BCUT2D eigenvalue weighted by atomic mass is 10.1. The summed E-state index contributed by atoms with van der Waals surface area (Å²) >= 11 is 3.27. The Morgan fingerprint density at radius 1 is 1.21 bits per heavy atom. The predicted octanol–water partition coefficient (Wildman–Crippen LogP) is 3.01. The van der Waals surface area contributed by atoms with E-state index >= 15 is 0 Å². The van der Waals surface area contributed by atoms with E-state index in [-0.39, 0.29) is 29.4 Å². The van der Waals surface area contributed by atoms with E-state index in [0.29, 0.717) is 10.0 Å². The van der Waals surface area contributed by atoms with Gasteiger partial charge in [-0.05, 0) is 58.7 Å². The van der Waals surface area contributed by atoms with Crippen molar-refractivity contribution in [3.8, 4) is 5.75 Å². The molecule has 1 amide bonds. The lowest BCUT2D eigenvalue weighted by Gasteiger charge is -2.16. The molecule has 0 aliphatic carbocycles. The van der Waals surface area contributed by atoms with E-state index in [1.165, 1.54) is 44.6 Å². The Morgan fingerprint density at radius 2 is 1.93 bits per heavy atom. The van der Waals surface area contributed by atoms with Gasteiger partial charge >= 0.3 is 0 Å². The number of halogens is 2. The predicted molar refractivity (Wildman–Crippen MR) is 110 cm³/mol. The van der Waals surface area contributed by atoms with E-state index in [1.807, 2.05) is 0 Å². The topological polar surface area (TPSA) is 93.7 Å². The average Bonchev–Trinajstić information content (AvgIpc) is 2.68. The summed E-state index contributed by atoms with van der Waals surface area (Å²) < 4.78 is 51.2. The Bertz CT molecular complexity index is 985. The van der Waals surface area contributed by atoms with Gasteiger partial charge in [-0.25, -0.2) is 17.5 Å². The number of ether oxygens (including phenoxy) is 2. The molecule has 0 spiro atoms. The Hall–Kier alpha value is -2.01. The molecule has 2 aromatic carbocycles. The zero-order chi connectivity index (χ0) is 21.6. The first-order valence-corrected chi connectivity index (χ1v) is 10.9. The van der Waals surface area contributed by atoms with Gasteiger partial charge in [0.15, 0.2) is 11.6 Å². The Morgan fingerprint density at radius 3 is 2.55 bits per heavy atom. The Balaban J connectivity index is 2.21. The molecule has 2 rings (SSSR count). The second-order valence-corrected chi connectivity index (χ2v) is 8.74. The molecule has 0 aromatic heterocycles. The van der Waals surface area contributed by atoms with Crippen molar-refractivity contribution < 1.29 is 27.1 Å². The fourth-order valence-corrected chi connectivity index (χ4v) is 3.98. The summed E-state index contributed by atoms with van der Waals surface area (Å²) in [4.78, 5) is 12.7. The van der Waals surface area contributed by atoms with Crippen LogP contribution < -0.4 is 14.8 Å². The maximum absolute atomic E-state index is 13.9. The summed E-state index contributed by atoms with van der Waals surface area (Å²) in [6, 6.07) is 8.02. The summed E-state index contributed by atoms with van der Waals surface area (Å²) in [5.41, 5.74) is 0.679. The largest absolute Gasteiger partial charge is 0.494 e. The summed E-state index contributed by atoms with van der Waals surface area (Å²) in [7, 11) is -0.962. The molecule has 0 saturated carbocycles. The van der Waals surface area contributed by atoms with Crippen LogP contribution in [0.1, 0.15) is 28.9 Å². The minimum atomic E-state index is -3.79. The summed E-state index contributed by atoms with van der Waals surface area (Å²) in [5.74, 6) is -0.939. The highest BCUT2D eigenvalue weighted by Crippen LogP contribution is 2.24. The summed E-state index contributed by atoms with van der Waals surface area (Å²) in [5, 5.41) is 2.74. The number of sulfonamides is 1. The molecule has 0 aliphatic rings. The molecule has 0 fully saturated rings. The smallest absolute Gasteiger partial charge is 0.252 e. The van der Waals surface area contributed by atoms with E-state index in [2.05, 4.69) is 26.0 Å². The van der Waals surface area contributed by atoms with Crippen LogP contribution in [0.5, 0.6) is 5.75 Å². The van der Waals surface area contributed by atoms with E-state index in [4.69, 9.17) is 9.47 Å². The number of carbonyl (C=O) groups excluding carboxylic acids is 1. The molecular formula is C19H22BrFN2O5S. The van der Waals surface area contributed by atoms with Crippen LogP contribution in [0.15, 0.2) is 45.8 Å². The van der Waals surface area contributed by atoms with Crippen molar-refractivity contribution >= 4 is 31.9 Å². The number of carbonyl (C=O) groups is 1. The number of rotatable bonds is 9.